The summed E-state index contributed by atoms with van der Waals surface area (Å²) in [4.78, 5) is 0. The summed E-state index contributed by atoms with van der Waals surface area (Å²) in [5.41, 5.74) is 10.5. The normalized spacial score (nSPS) is 13.3. The van der Waals surface area contributed by atoms with Gasteiger partial charge in [0, 0.05) is 32.8 Å². The molecule has 0 unspecified atom stereocenters. The number of rotatable bonds is 6. The second kappa shape index (κ2) is 13.2. The average Bonchev–Trinajstić information content (AvgIpc) is 3.87. The van der Waals surface area contributed by atoms with E-state index >= 15 is 0 Å². The minimum atomic E-state index is -0.426. The fourth-order valence-corrected chi connectivity index (χ4v) is 8.15. The summed E-state index contributed by atoms with van der Waals surface area (Å²) in [6.07, 6.45) is 0. The van der Waals surface area contributed by atoms with Gasteiger partial charge in [-0.05, 0) is 99.5 Å². The molecule has 0 N–H and O–H groups in total. The van der Waals surface area contributed by atoms with Gasteiger partial charge in [0.05, 0.1) is 37.3 Å². The maximum absolute atomic E-state index is 9.97. The molecular formula is C54H36N2. The molecule has 0 aliphatic heterocycles. The van der Waals surface area contributed by atoms with Gasteiger partial charge < -0.3 is 9.13 Å². The van der Waals surface area contributed by atoms with Crippen LogP contribution < -0.4 is 0 Å². The van der Waals surface area contributed by atoms with E-state index in [1.54, 1.807) is 4.57 Å². The third-order valence-corrected chi connectivity index (χ3v) is 10.8. The number of aromatic nitrogens is 2. The first kappa shape index (κ1) is 25.6. The molecular weight excluding hydrogens is 677 g/mol. The Hall–Kier alpha value is -7.42. The number of para-hydroxylation sites is 2. The average molecular weight is 720 g/mol. The Balaban J connectivity index is 1.21. The molecule has 0 aliphatic rings. The zero-order chi connectivity index (χ0) is 43.1. The highest BCUT2D eigenvalue weighted by atomic mass is 15.0. The van der Waals surface area contributed by atoms with Crippen LogP contribution in [-0.4, -0.2) is 9.13 Å². The van der Waals surface area contributed by atoms with E-state index in [2.05, 4.69) is 71.3 Å². The summed E-state index contributed by atoms with van der Waals surface area (Å²) >= 11 is 0. The first-order valence-corrected chi connectivity index (χ1v) is 18.7. The zero-order valence-corrected chi connectivity index (χ0v) is 30.1. The third-order valence-electron chi connectivity index (χ3n) is 10.8. The number of hydrogen-bond donors (Lipinski definition) is 0. The topological polar surface area (TPSA) is 9.86 Å². The highest BCUT2D eigenvalue weighted by Gasteiger charge is 2.18. The van der Waals surface area contributed by atoms with Crippen LogP contribution in [0.1, 0.15) is 9.60 Å². The summed E-state index contributed by atoms with van der Waals surface area (Å²) in [6, 6.07) is 56.7. The van der Waals surface area contributed by atoms with Crippen molar-refractivity contribution in [3.8, 4) is 55.9 Å². The van der Waals surface area contributed by atoms with E-state index in [4.69, 9.17) is 2.74 Å². The summed E-state index contributed by atoms with van der Waals surface area (Å²) in [5, 5.41) is 2.22. The van der Waals surface area contributed by atoms with Crippen molar-refractivity contribution >= 4 is 43.6 Å². The van der Waals surface area contributed by atoms with Crippen LogP contribution in [0.25, 0.3) is 99.5 Å². The van der Waals surface area contributed by atoms with Gasteiger partial charge in [-0.25, -0.2) is 0 Å². The van der Waals surface area contributed by atoms with Crippen LogP contribution in [0.15, 0.2) is 218 Å². The molecule has 2 heteroatoms. The van der Waals surface area contributed by atoms with Crippen LogP contribution in [0.2, 0.25) is 0 Å². The van der Waals surface area contributed by atoms with Gasteiger partial charge in [-0.2, -0.15) is 0 Å². The van der Waals surface area contributed by atoms with E-state index in [0.29, 0.717) is 11.3 Å². The number of fused-ring (bicyclic) bond motifs is 6. The molecule has 11 aromatic rings. The van der Waals surface area contributed by atoms with Gasteiger partial charge in [0.1, 0.15) is 0 Å². The molecule has 0 aliphatic carbocycles. The van der Waals surface area contributed by atoms with Gasteiger partial charge in [0.15, 0.2) is 0 Å². The minimum absolute atomic E-state index is 0.0828. The van der Waals surface area contributed by atoms with Crippen molar-refractivity contribution in [2.75, 3.05) is 0 Å². The van der Waals surface area contributed by atoms with E-state index in [-0.39, 0.29) is 57.6 Å². The molecule has 0 saturated heterocycles. The molecule has 2 heterocycles. The molecule has 2 aromatic heterocycles. The first-order chi connectivity index (χ1) is 30.7. The summed E-state index contributed by atoms with van der Waals surface area (Å²) in [7, 11) is 0. The van der Waals surface area contributed by atoms with Crippen LogP contribution >= 0.6 is 0 Å². The van der Waals surface area contributed by atoms with Crippen molar-refractivity contribution in [1.82, 2.24) is 9.13 Å². The summed E-state index contributed by atoms with van der Waals surface area (Å²) < 4.78 is 69.2. The first-order valence-electron chi connectivity index (χ1n) is 22.2. The molecule has 9 aromatic carbocycles. The lowest BCUT2D eigenvalue weighted by atomic mass is 9.99. The van der Waals surface area contributed by atoms with Crippen LogP contribution in [0.3, 0.4) is 0 Å². The predicted octanol–water partition coefficient (Wildman–Crippen LogP) is 14.5. The number of nitrogens with zero attached hydrogens (tertiary/aromatic N) is 2. The van der Waals surface area contributed by atoms with Gasteiger partial charge in [0.2, 0.25) is 0 Å². The van der Waals surface area contributed by atoms with Crippen molar-refractivity contribution in [2.24, 2.45) is 0 Å². The summed E-state index contributed by atoms with van der Waals surface area (Å²) in [5.74, 6) is 0. The van der Waals surface area contributed by atoms with Crippen molar-refractivity contribution in [1.29, 1.82) is 0 Å². The van der Waals surface area contributed by atoms with E-state index in [1.165, 1.54) is 0 Å². The second-order valence-corrected chi connectivity index (χ2v) is 14.0. The Morgan fingerprint density at radius 2 is 0.875 bits per heavy atom. The molecule has 0 saturated carbocycles. The molecule has 0 radical (unpaired) electrons. The molecule has 2 nitrogen and oxygen atoms in total. The maximum atomic E-state index is 9.97. The highest BCUT2D eigenvalue weighted by Crippen LogP contribution is 2.41. The van der Waals surface area contributed by atoms with Gasteiger partial charge in [-0.1, -0.05) is 158 Å². The highest BCUT2D eigenvalue weighted by molar-refractivity contribution is 6.13. The van der Waals surface area contributed by atoms with Crippen molar-refractivity contribution in [3.05, 3.63) is 218 Å². The second-order valence-electron chi connectivity index (χ2n) is 14.0. The van der Waals surface area contributed by atoms with Crippen LogP contribution in [0.4, 0.5) is 0 Å². The lowest BCUT2D eigenvalue weighted by molar-refractivity contribution is 1.18. The van der Waals surface area contributed by atoms with E-state index in [0.717, 1.165) is 60.9 Å². The minimum Gasteiger partial charge on any atom is -0.309 e. The molecule has 262 valence electrons. The molecule has 56 heavy (non-hydrogen) atoms. The Morgan fingerprint density at radius 3 is 1.57 bits per heavy atom. The largest absolute Gasteiger partial charge is 0.309 e. The Kier molecular flexibility index (Phi) is 6.01. The maximum Gasteiger partial charge on any atom is 0.0645 e. The lowest BCUT2D eigenvalue weighted by Crippen LogP contribution is -1.97. The number of benzene rings is 9. The zero-order valence-electron chi connectivity index (χ0n) is 37.1. The Morgan fingerprint density at radius 1 is 0.321 bits per heavy atom. The van der Waals surface area contributed by atoms with Gasteiger partial charge >= 0.3 is 0 Å². The smallest absolute Gasteiger partial charge is 0.0645 e. The standard InChI is InChI=1S/C54H36N2/c1-4-15-37(16-5-1)40-21-14-22-44(33-40)55-52-30-27-41(38-17-6-2-7-18-38)34-48(52)49-36-43(28-31-53(49)55)42-29-32-54-47(35-42)46-24-11-13-26-51(46)56(54)50-25-12-10-23-45(50)39-19-8-3-9-20-39/h1-36H/i11D,13D,24D,26D,29D,32D,35D. The van der Waals surface area contributed by atoms with Crippen molar-refractivity contribution in [2.45, 2.75) is 0 Å². The van der Waals surface area contributed by atoms with Crippen molar-refractivity contribution < 1.29 is 9.60 Å². The fraction of sp³-hybridized carbons (Fsp3) is 0. The number of hydrogen-bond acceptors (Lipinski definition) is 0. The van der Waals surface area contributed by atoms with E-state index in [1.807, 2.05) is 109 Å². The quantitative estimate of drug-likeness (QED) is 0.162. The molecule has 11 rings (SSSR count). The Labute approximate surface area is 335 Å². The van der Waals surface area contributed by atoms with E-state index < -0.39 is 12.1 Å². The third kappa shape index (κ3) is 5.26. The monoisotopic (exact) mass is 719 g/mol. The van der Waals surface area contributed by atoms with Crippen molar-refractivity contribution in [3.63, 3.8) is 0 Å². The van der Waals surface area contributed by atoms with Crippen LogP contribution in [0.5, 0.6) is 0 Å². The molecule has 0 atom stereocenters. The molecule has 0 spiro atoms. The molecule has 0 fully saturated rings. The SMILES string of the molecule is [2H]c1c([2H])c([2H])c2c(c1[2H])c1c([2H])c(-c3ccc4c(c3)c3cc(-c5ccccc5)ccc3n4-c3cccc(-c4ccccc4)c3)c([2H])c([2H])c1n2-c1ccccc1-c1ccccc1. The van der Waals surface area contributed by atoms with Gasteiger partial charge in [0.25, 0.3) is 0 Å². The van der Waals surface area contributed by atoms with Gasteiger partial charge in [-0.15, -0.1) is 0 Å². The van der Waals surface area contributed by atoms with Crippen LogP contribution in [-0.2, 0) is 0 Å². The molecule has 0 bridgehead atoms. The summed E-state index contributed by atoms with van der Waals surface area (Å²) in [6.45, 7) is 0. The van der Waals surface area contributed by atoms with E-state index in [9.17, 15) is 6.85 Å². The van der Waals surface area contributed by atoms with Gasteiger partial charge in [-0.3, -0.25) is 0 Å². The predicted molar refractivity (Wildman–Crippen MR) is 237 cm³/mol. The Bertz CT molecular complexity index is 3630. The fourth-order valence-electron chi connectivity index (χ4n) is 8.15. The lowest BCUT2D eigenvalue weighted by Gasteiger charge is -2.14. The van der Waals surface area contributed by atoms with Crippen LogP contribution in [0, 0.1) is 0 Å². The molecule has 0 amide bonds.